The quantitative estimate of drug-likeness (QED) is 0.106. The van der Waals surface area contributed by atoms with Crippen LogP contribution in [0.4, 0.5) is 0 Å². The number of carboxylic acid groups (broad SMARTS) is 1. The summed E-state index contributed by atoms with van der Waals surface area (Å²) < 4.78 is 0. The topological polar surface area (TPSA) is 248 Å². The Hall–Kier alpha value is -3.52. The Morgan fingerprint density at radius 3 is 2.19 bits per heavy atom. The van der Waals surface area contributed by atoms with E-state index in [-0.39, 0.29) is 25.7 Å². The SMILES string of the molecule is CC(C)C(NC(=O)C(CCCCN)NC(=O)C(N)Cc1cnc[nH]1)C(=O)NC(CCC(N)=O)C(=O)O. The van der Waals surface area contributed by atoms with Crippen molar-refractivity contribution >= 4 is 29.6 Å². The predicted octanol–water partition coefficient (Wildman–Crippen LogP) is -2.13. The molecule has 0 aliphatic rings. The van der Waals surface area contributed by atoms with Crippen LogP contribution in [0.15, 0.2) is 12.5 Å². The average molecular weight is 511 g/mol. The molecule has 0 aliphatic heterocycles. The maximum Gasteiger partial charge on any atom is 0.326 e. The van der Waals surface area contributed by atoms with E-state index in [1.165, 1.54) is 12.5 Å². The lowest BCUT2D eigenvalue weighted by Crippen LogP contribution is -2.58. The zero-order valence-electron chi connectivity index (χ0n) is 20.7. The van der Waals surface area contributed by atoms with Crippen LogP contribution < -0.4 is 33.2 Å². The molecule has 202 valence electrons. The summed E-state index contributed by atoms with van der Waals surface area (Å²) in [4.78, 5) is 67.8. The number of primary amides is 1. The number of unbranched alkanes of at least 4 members (excludes halogenated alkanes) is 1. The first-order chi connectivity index (χ1) is 17.0. The molecular formula is C22H38N8O6. The van der Waals surface area contributed by atoms with Crippen molar-refractivity contribution in [2.45, 2.75) is 76.5 Å². The smallest absolute Gasteiger partial charge is 0.326 e. The largest absolute Gasteiger partial charge is 0.480 e. The van der Waals surface area contributed by atoms with E-state index in [9.17, 15) is 29.1 Å². The van der Waals surface area contributed by atoms with Crippen LogP contribution in [0.25, 0.3) is 0 Å². The number of aliphatic carboxylic acids is 1. The first kappa shape index (κ1) is 30.5. The Morgan fingerprint density at radius 2 is 1.67 bits per heavy atom. The van der Waals surface area contributed by atoms with Crippen LogP contribution in [0.1, 0.15) is 51.6 Å². The number of carbonyl (C=O) groups excluding carboxylic acids is 4. The Labute approximate surface area is 209 Å². The second kappa shape index (κ2) is 15.5. The molecule has 36 heavy (non-hydrogen) atoms. The van der Waals surface area contributed by atoms with E-state index in [0.717, 1.165) is 0 Å². The molecule has 14 nitrogen and oxygen atoms in total. The molecule has 0 radical (unpaired) electrons. The molecule has 4 atom stereocenters. The van der Waals surface area contributed by atoms with Crippen molar-refractivity contribution in [3.63, 3.8) is 0 Å². The molecule has 0 spiro atoms. The van der Waals surface area contributed by atoms with E-state index in [0.29, 0.717) is 25.1 Å². The number of nitrogens with zero attached hydrogens (tertiary/aromatic N) is 1. The number of nitrogens with two attached hydrogens (primary N) is 3. The number of hydrogen-bond donors (Lipinski definition) is 8. The Kier molecular flexibility index (Phi) is 13.1. The molecular weight excluding hydrogens is 472 g/mol. The zero-order valence-corrected chi connectivity index (χ0v) is 20.7. The second-order valence-corrected chi connectivity index (χ2v) is 8.87. The fourth-order valence-corrected chi connectivity index (χ4v) is 3.36. The fourth-order valence-electron chi connectivity index (χ4n) is 3.36. The third-order valence-electron chi connectivity index (χ3n) is 5.45. The van der Waals surface area contributed by atoms with Crippen LogP contribution in [-0.4, -0.2) is 75.4 Å². The highest BCUT2D eigenvalue weighted by molar-refractivity contribution is 5.94. The van der Waals surface area contributed by atoms with Gasteiger partial charge in [0.05, 0.1) is 12.4 Å². The van der Waals surface area contributed by atoms with Crippen molar-refractivity contribution < 1.29 is 29.1 Å². The van der Waals surface area contributed by atoms with Crippen LogP contribution in [0.3, 0.4) is 0 Å². The summed E-state index contributed by atoms with van der Waals surface area (Å²) >= 11 is 0. The lowest BCUT2D eigenvalue weighted by Gasteiger charge is -2.27. The number of carbonyl (C=O) groups is 5. The highest BCUT2D eigenvalue weighted by atomic mass is 16.4. The molecule has 4 amide bonds. The molecule has 1 rings (SSSR count). The van der Waals surface area contributed by atoms with Gasteiger partial charge in [-0.2, -0.15) is 0 Å². The lowest BCUT2D eigenvalue weighted by atomic mass is 10.0. The van der Waals surface area contributed by atoms with Gasteiger partial charge in [0.2, 0.25) is 23.6 Å². The molecule has 1 aromatic heterocycles. The Balaban J connectivity index is 2.90. The molecule has 0 fully saturated rings. The third kappa shape index (κ3) is 10.8. The number of H-pyrrole nitrogens is 1. The number of amides is 4. The van der Waals surface area contributed by atoms with Gasteiger partial charge in [0.15, 0.2) is 0 Å². The minimum atomic E-state index is -1.36. The number of carboxylic acids is 1. The number of rotatable bonds is 17. The number of nitrogens with one attached hydrogen (secondary N) is 4. The summed E-state index contributed by atoms with van der Waals surface area (Å²) in [7, 11) is 0. The van der Waals surface area contributed by atoms with Gasteiger partial charge in [-0.1, -0.05) is 13.8 Å². The fraction of sp³-hybridized carbons (Fsp3) is 0.636. The Bertz CT molecular complexity index is 876. The summed E-state index contributed by atoms with van der Waals surface area (Å²) in [6.07, 6.45) is 4.17. The van der Waals surface area contributed by atoms with Gasteiger partial charge in [-0.05, 0) is 38.1 Å². The van der Waals surface area contributed by atoms with Gasteiger partial charge >= 0.3 is 5.97 Å². The molecule has 0 saturated carbocycles. The lowest BCUT2D eigenvalue weighted by molar-refractivity contribution is -0.143. The van der Waals surface area contributed by atoms with Gasteiger partial charge in [0, 0.05) is 24.7 Å². The van der Waals surface area contributed by atoms with E-state index in [1.54, 1.807) is 13.8 Å². The van der Waals surface area contributed by atoms with E-state index < -0.39 is 59.7 Å². The summed E-state index contributed by atoms with van der Waals surface area (Å²) in [5.74, 6) is -4.36. The minimum Gasteiger partial charge on any atom is -0.480 e. The molecule has 0 aliphatic carbocycles. The molecule has 0 aromatic carbocycles. The highest BCUT2D eigenvalue weighted by Gasteiger charge is 2.32. The van der Waals surface area contributed by atoms with E-state index >= 15 is 0 Å². The number of imidazole rings is 1. The van der Waals surface area contributed by atoms with Crippen molar-refractivity contribution in [2.75, 3.05) is 6.54 Å². The van der Waals surface area contributed by atoms with Crippen LogP contribution in [0, 0.1) is 5.92 Å². The van der Waals surface area contributed by atoms with Crippen LogP contribution >= 0.6 is 0 Å². The van der Waals surface area contributed by atoms with Crippen molar-refractivity contribution in [3.8, 4) is 0 Å². The summed E-state index contributed by atoms with van der Waals surface area (Å²) in [5, 5.41) is 16.9. The van der Waals surface area contributed by atoms with Crippen LogP contribution in [0.2, 0.25) is 0 Å². The van der Waals surface area contributed by atoms with Gasteiger partial charge < -0.3 is 43.2 Å². The number of aromatic nitrogens is 2. The van der Waals surface area contributed by atoms with Gasteiger partial charge in [-0.25, -0.2) is 9.78 Å². The van der Waals surface area contributed by atoms with Crippen LogP contribution in [-0.2, 0) is 30.4 Å². The Morgan fingerprint density at radius 1 is 1.00 bits per heavy atom. The van der Waals surface area contributed by atoms with Crippen LogP contribution in [0.5, 0.6) is 0 Å². The van der Waals surface area contributed by atoms with Crippen molar-refractivity contribution in [1.82, 2.24) is 25.9 Å². The van der Waals surface area contributed by atoms with Crippen molar-refractivity contribution in [2.24, 2.45) is 23.1 Å². The number of aromatic amines is 1. The molecule has 14 heteroatoms. The van der Waals surface area contributed by atoms with Gasteiger partial charge in [-0.15, -0.1) is 0 Å². The summed E-state index contributed by atoms with van der Waals surface area (Å²) in [6.45, 7) is 3.75. The van der Waals surface area contributed by atoms with E-state index in [2.05, 4.69) is 25.9 Å². The van der Waals surface area contributed by atoms with Crippen molar-refractivity contribution in [1.29, 1.82) is 0 Å². The zero-order chi connectivity index (χ0) is 27.3. The molecule has 0 bridgehead atoms. The molecule has 1 heterocycles. The molecule has 0 saturated heterocycles. The molecule has 11 N–H and O–H groups in total. The van der Waals surface area contributed by atoms with E-state index in [1.807, 2.05) is 0 Å². The molecule has 1 aromatic rings. The minimum absolute atomic E-state index is 0.182. The van der Waals surface area contributed by atoms with Crippen molar-refractivity contribution in [3.05, 3.63) is 18.2 Å². The van der Waals surface area contributed by atoms with Gasteiger partial charge in [-0.3, -0.25) is 19.2 Å². The summed E-state index contributed by atoms with van der Waals surface area (Å²) in [5.41, 5.74) is 17.2. The van der Waals surface area contributed by atoms with Gasteiger partial charge in [0.1, 0.15) is 18.1 Å². The maximum absolute atomic E-state index is 13.1. The number of hydrogen-bond acceptors (Lipinski definition) is 8. The predicted molar refractivity (Wildman–Crippen MR) is 130 cm³/mol. The van der Waals surface area contributed by atoms with E-state index in [4.69, 9.17) is 17.2 Å². The first-order valence-electron chi connectivity index (χ1n) is 11.8. The maximum atomic E-state index is 13.1. The molecule has 4 unspecified atom stereocenters. The standard InChI is InChI=1S/C22H38N8O6/c1-12(2)18(21(34)29-16(22(35)36)6-7-17(25)31)30-20(33)15(5-3-4-8-23)28-19(32)14(24)9-13-10-26-11-27-13/h10-12,14-16,18H,3-9,23-24H2,1-2H3,(H2,25,31)(H,26,27)(H,28,32)(H,29,34)(H,30,33)(H,35,36). The first-order valence-corrected chi connectivity index (χ1v) is 11.8. The summed E-state index contributed by atoms with van der Waals surface area (Å²) in [6, 6.07) is -4.39. The normalized spacial score (nSPS) is 14.4. The second-order valence-electron chi connectivity index (χ2n) is 8.87. The highest BCUT2D eigenvalue weighted by Crippen LogP contribution is 2.08. The average Bonchev–Trinajstić information content (AvgIpc) is 3.31. The third-order valence-corrected chi connectivity index (χ3v) is 5.45. The monoisotopic (exact) mass is 510 g/mol. The van der Waals surface area contributed by atoms with Gasteiger partial charge in [0.25, 0.3) is 0 Å².